The zero-order valence-electron chi connectivity index (χ0n) is 11.4. The van der Waals surface area contributed by atoms with Gasteiger partial charge in [0.2, 0.25) is 0 Å². The summed E-state index contributed by atoms with van der Waals surface area (Å²) in [6.45, 7) is 3.77. The average Bonchev–Trinajstić information content (AvgIpc) is 2.37. The Hall–Kier alpha value is -1.64. The van der Waals surface area contributed by atoms with Crippen LogP contribution < -0.4 is 15.2 Å². The predicted octanol–water partition coefficient (Wildman–Crippen LogP) is 0.787. The van der Waals surface area contributed by atoms with Crippen molar-refractivity contribution in [1.82, 2.24) is 9.44 Å². The van der Waals surface area contributed by atoms with Gasteiger partial charge in [-0.3, -0.25) is 0 Å². The summed E-state index contributed by atoms with van der Waals surface area (Å²) in [6.07, 6.45) is -1.01. The van der Waals surface area contributed by atoms with Crippen LogP contribution in [0.1, 0.15) is 31.0 Å². The fraction of sp³-hybridized carbons (Fsp3) is 0.417. The third-order valence-corrected chi connectivity index (χ3v) is 3.64. The second-order valence-electron chi connectivity index (χ2n) is 4.11. The third-order valence-electron chi connectivity index (χ3n) is 2.54. The molecule has 0 fully saturated rings. The first-order chi connectivity index (χ1) is 9.38. The lowest BCUT2D eigenvalue weighted by molar-refractivity contribution is 0.158. The summed E-state index contributed by atoms with van der Waals surface area (Å²) >= 11 is 0. The maximum absolute atomic E-state index is 11.7. The van der Waals surface area contributed by atoms with Crippen LogP contribution in [0.25, 0.3) is 0 Å². The Morgan fingerprint density at radius 1 is 1.35 bits per heavy atom. The summed E-state index contributed by atoms with van der Waals surface area (Å²) in [5, 5.41) is 0. The van der Waals surface area contributed by atoms with Crippen molar-refractivity contribution in [1.29, 1.82) is 0 Å². The van der Waals surface area contributed by atoms with Crippen molar-refractivity contribution in [2.24, 2.45) is 5.73 Å². The quantitative estimate of drug-likeness (QED) is 0.719. The molecule has 1 rings (SSSR count). The SMILES string of the molecule is CCOC(=O)NS(=O)(=O)NC(C)c1ccc(CN)cc1. The second-order valence-corrected chi connectivity index (χ2v) is 5.56. The summed E-state index contributed by atoms with van der Waals surface area (Å²) < 4.78 is 32.0. The van der Waals surface area contributed by atoms with Crippen LogP contribution in [0.4, 0.5) is 4.79 Å². The van der Waals surface area contributed by atoms with E-state index < -0.39 is 22.3 Å². The normalized spacial score (nSPS) is 12.8. The summed E-state index contributed by atoms with van der Waals surface area (Å²) in [4.78, 5) is 11.1. The van der Waals surface area contributed by atoms with E-state index in [4.69, 9.17) is 5.73 Å². The van der Waals surface area contributed by atoms with Crippen LogP contribution in [0.3, 0.4) is 0 Å². The number of nitrogens with one attached hydrogen (secondary N) is 2. The summed E-state index contributed by atoms with van der Waals surface area (Å²) in [5.41, 5.74) is 7.20. The Kier molecular flexibility index (Phi) is 5.93. The molecule has 112 valence electrons. The van der Waals surface area contributed by atoms with Gasteiger partial charge >= 0.3 is 16.3 Å². The molecule has 1 aromatic rings. The van der Waals surface area contributed by atoms with Gasteiger partial charge in [0.1, 0.15) is 0 Å². The van der Waals surface area contributed by atoms with E-state index in [-0.39, 0.29) is 6.61 Å². The van der Waals surface area contributed by atoms with Gasteiger partial charge in [-0.05, 0) is 25.0 Å². The van der Waals surface area contributed by atoms with E-state index in [1.54, 1.807) is 30.7 Å². The van der Waals surface area contributed by atoms with Crippen LogP contribution in [0, 0.1) is 0 Å². The minimum atomic E-state index is -3.97. The highest BCUT2D eigenvalue weighted by molar-refractivity contribution is 7.88. The summed E-state index contributed by atoms with van der Waals surface area (Å²) in [6, 6.07) is 6.70. The highest BCUT2D eigenvalue weighted by Gasteiger charge is 2.18. The van der Waals surface area contributed by atoms with Gasteiger partial charge in [-0.15, -0.1) is 0 Å². The van der Waals surface area contributed by atoms with Gasteiger partial charge in [0.15, 0.2) is 0 Å². The van der Waals surface area contributed by atoms with Crippen LogP contribution >= 0.6 is 0 Å². The Morgan fingerprint density at radius 2 is 1.95 bits per heavy atom. The van der Waals surface area contributed by atoms with Crippen molar-refractivity contribution in [2.45, 2.75) is 26.4 Å². The number of carbonyl (C=O) groups is 1. The van der Waals surface area contributed by atoms with E-state index >= 15 is 0 Å². The molecule has 4 N–H and O–H groups in total. The first-order valence-corrected chi connectivity index (χ1v) is 7.62. The smallest absolute Gasteiger partial charge is 0.421 e. The van der Waals surface area contributed by atoms with Gasteiger partial charge in [-0.2, -0.15) is 13.1 Å². The molecule has 0 aliphatic heterocycles. The lowest BCUT2D eigenvalue weighted by atomic mass is 10.1. The number of benzene rings is 1. The number of carbonyl (C=O) groups excluding carboxylic acids is 1. The van der Waals surface area contributed by atoms with E-state index in [1.165, 1.54) is 0 Å². The van der Waals surface area contributed by atoms with Crippen molar-refractivity contribution >= 4 is 16.3 Å². The molecular formula is C12H19N3O4S. The fourth-order valence-electron chi connectivity index (χ4n) is 1.54. The Labute approximate surface area is 118 Å². The van der Waals surface area contributed by atoms with Gasteiger partial charge in [-0.1, -0.05) is 24.3 Å². The van der Waals surface area contributed by atoms with Crippen LogP contribution in [-0.2, 0) is 21.5 Å². The first kappa shape index (κ1) is 16.4. The maximum Gasteiger partial charge on any atom is 0.421 e. The van der Waals surface area contributed by atoms with Gasteiger partial charge in [0, 0.05) is 12.6 Å². The molecule has 1 amide bonds. The van der Waals surface area contributed by atoms with Crippen LogP contribution in [0.5, 0.6) is 0 Å². The molecule has 0 spiro atoms. The molecule has 0 heterocycles. The summed E-state index contributed by atoms with van der Waals surface area (Å²) in [5.74, 6) is 0. The Bertz CT molecular complexity index is 542. The zero-order chi connectivity index (χ0) is 15.2. The lowest BCUT2D eigenvalue weighted by Crippen LogP contribution is -2.41. The van der Waals surface area contributed by atoms with Gasteiger partial charge in [0.05, 0.1) is 6.61 Å². The van der Waals surface area contributed by atoms with Crippen molar-refractivity contribution in [3.8, 4) is 0 Å². The molecule has 1 atom stereocenters. The molecule has 8 heteroatoms. The highest BCUT2D eigenvalue weighted by atomic mass is 32.2. The summed E-state index contributed by atoms with van der Waals surface area (Å²) in [7, 11) is -3.97. The lowest BCUT2D eigenvalue weighted by Gasteiger charge is -2.15. The number of nitrogens with two attached hydrogens (primary N) is 1. The standard InChI is InChI=1S/C12H19N3O4S/c1-3-19-12(16)15-20(17,18)14-9(2)11-6-4-10(8-13)5-7-11/h4-7,9,14H,3,8,13H2,1-2H3,(H,15,16). The maximum atomic E-state index is 11.7. The molecule has 0 aromatic heterocycles. The molecule has 0 saturated heterocycles. The number of hydrogen-bond donors (Lipinski definition) is 3. The van der Waals surface area contributed by atoms with Crippen LogP contribution in [0.15, 0.2) is 24.3 Å². The van der Waals surface area contributed by atoms with E-state index in [0.717, 1.165) is 11.1 Å². The molecule has 0 saturated carbocycles. The molecule has 0 bridgehead atoms. The number of amides is 1. The molecule has 0 aliphatic rings. The molecule has 7 nitrogen and oxygen atoms in total. The zero-order valence-corrected chi connectivity index (χ0v) is 12.2. The van der Waals surface area contributed by atoms with Crippen molar-refractivity contribution < 1.29 is 17.9 Å². The molecule has 20 heavy (non-hydrogen) atoms. The predicted molar refractivity (Wildman–Crippen MR) is 75.0 cm³/mol. The molecule has 1 aromatic carbocycles. The molecular weight excluding hydrogens is 282 g/mol. The Morgan fingerprint density at radius 3 is 2.45 bits per heavy atom. The van der Waals surface area contributed by atoms with E-state index in [1.807, 2.05) is 12.1 Å². The molecule has 0 aliphatic carbocycles. The van der Waals surface area contributed by atoms with Crippen molar-refractivity contribution in [3.05, 3.63) is 35.4 Å². The fourth-order valence-corrected chi connectivity index (χ4v) is 2.48. The van der Waals surface area contributed by atoms with Gasteiger partial charge in [0.25, 0.3) is 0 Å². The Balaban J connectivity index is 2.68. The van der Waals surface area contributed by atoms with Gasteiger partial charge < -0.3 is 10.5 Å². The van der Waals surface area contributed by atoms with Crippen LogP contribution in [-0.4, -0.2) is 21.1 Å². The molecule has 1 unspecified atom stereocenters. The highest BCUT2D eigenvalue weighted by Crippen LogP contribution is 2.13. The largest absolute Gasteiger partial charge is 0.449 e. The van der Waals surface area contributed by atoms with E-state index in [2.05, 4.69) is 9.46 Å². The first-order valence-electron chi connectivity index (χ1n) is 6.13. The minimum absolute atomic E-state index is 0.0947. The number of hydrogen-bond acceptors (Lipinski definition) is 5. The third kappa shape index (κ3) is 5.16. The second kappa shape index (κ2) is 7.22. The van der Waals surface area contributed by atoms with E-state index in [9.17, 15) is 13.2 Å². The molecule has 0 radical (unpaired) electrons. The van der Waals surface area contributed by atoms with Crippen molar-refractivity contribution in [2.75, 3.05) is 6.61 Å². The average molecular weight is 301 g/mol. The monoisotopic (exact) mass is 301 g/mol. The number of rotatable bonds is 6. The minimum Gasteiger partial charge on any atom is -0.449 e. The topological polar surface area (TPSA) is 111 Å². The van der Waals surface area contributed by atoms with Crippen molar-refractivity contribution in [3.63, 3.8) is 0 Å². The van der Waals surface area contributed by atoms with Crippen LogP contribution in [0.2, 0.25) is 0 Å². The number of ether oxygens (including phenoxy) is 1. The van der Waals surface area contributed by atoms with Gasteiger partial charge in [-0.25, -0.2) is 9.52 Å². The van der Waals surface area contributed by atoms with E-state index in [0.29, 0.717) is 6.54 Å².